The number of hydrogen-bond acceptors (Lipinski definition) is 2. The molecule has 0 aliphatic carbocycles. The molecule has 2 aromatic rings. The van der Waals surface area contributed by atoms with E-state index in [0.717, 1.165) is 22.4 Å². The molecular formula is C17H20N2O. The van der Waals surface area contributed by atoms with E-state index in [9.17, 15) is 4.79 Å². The van der Waals surface area contributed by atoms with E-state index in [-0.39, 0.29) is 5.91 Å². The maximum atomic E-state index is 12.4. The molecule has 2 rings (SSSR count). The Labute approximate surface area is 120 Å². The number of nitrogens with zero attached hydrogens (tertiary/aromatic N) is 1. The van der Waals surface area contributed by atoms with E-state index in [2.05, 4.69) is 0 Å². The highest BCUT2D eigenvalue weighted by atomic mass is 16.2. The molecular weight excluding hydrogens is 248 g/mol. The zero-order chi connectivity index (χ0) is 14.7. The maximum absolute atomic E-state index is 12.4. The Hall–Kier alpha value is -2.13. The van der Waals surface area contributed by atoms with Crippen molar-refractivity contribution in [2.45, 2.75) is 19.9 Å². The van der Waals surface area contributed by atoms with E-state index in [4.69, 9.17) is 5.73 Å². The molecule has 0 aromatic heterocycles. The predicted octanol–water partition coefficient (Wildman–Crippen LogP) is 2.97. The highest BCUT2D eigenvalue weighted by Gasteiger charge is 2.20. The fraction of sp³-hybridized carbons (Fsp3) is 0.235. The van der Waals surface area contributed by atoms with Crippen LogP contribution in [0.5, 0.6) is 0 Å². The minimum Gasteiger partial charge on any atom is -0.316 e. The standard InChI is InChI=1S/C17H20N2O/c1-12-4-8-14(9-5-12)16(18)17(20)19(3)15-10-6-13(2)7-11-15/h4-11,16H,18H2,1-3H3. The van der Waals surface area contributed by atoms with Crippen LogP contribution in [0.3, 0.4) is 0 Å². The van der Waals surface area contributed by atoms with Gasteiger partial charge in [0.25, 0.3) is 0 Å². The number of nitrogens with two attached hydrogens (primary N) is 1. The molecule has 20 heavy (non-hydrogen) atoms. The second kappa shape index (κ2) is 5.88. The summed E-state index contributed by atoms with van der Waals surface area (Å²) in [4.78, 5) is 14.0. The van der Waals surface area contributed by atoms with Crippen molar-refractivity contribution >= 4 is 11.6 Å². The molecule has 3 nitrogen and oxygen atoms in total. The lowest BCUT2D eigenvalue weighted by Crippen LogP contribution is -2.35. The van der Waals surface area contributed by atoms with Crippen LogP contribution in [-0.2, 0) is 4.79 Å². The molecule has 0 aliphatic heterocycles. The van der Waals surface area contributed by atoms with Gasteiger partial charge in [0, 0.05) is 12.7 Å². The lowest BCUT2D eigenvalue weighted by molar-refractivity contribution is -0.119. The summed E-state index contributed by atoms with van der Waals surface area (Å²) >= 11 is 0. The van der Waals surface area contributed by atoms with Crippen molar-refractivity contribution in [3.05, 3.63) is 65.2 Å². The number of anilines is 1. The molecule has 0 aliphatic rings. The molecule has 0 radical (unpaired) electrons. The van der Waals surface area contributed by atoms with Crippen molar-refractivity contribution in [2.24, 2.45) is 5.73 Å². The summed E-state index contributed by atoms with van der Waals surface area (Å²) in [6.45, 7) is 4.03. The molecule has 3 heteroatoms. The molecule has 0 saturated carbocycles. The zero-order valence-electron chi connectivity index (χ0n) is 12.1. The van der Waals surface area contributed by atoms with E-state index in [1.165, 1.54) is 0 Å². The number of hydrogen-bond donors (Lipinski definition) is 1. The third-order valence-corrected chi connectivity index (χ3v) is 3.45. The summed E-state index contributed by atoms with van der Waals surface area (Å²) in [5, 5.41) is 0. The number of likely N-dealkylation sites (N-methyl/N-ethyl adjacent to an activating group) is 1. The third kappa shape index (κ3) is 3.06. The van der Waals surface area contributed by atoms with Crippen molar-refractivity contribution in [2.75, 3.05) is 11.9 Å². The van der Waals surface area contributed by atoms with Gasteiger partial charge in [-0.15, -0.1) is 0 Å². The first-order valence-electron chi connectivity index (χ1n) is 6.65. The molecule has 0 bridgehead atoms. The molecule has 1 atom stereocenters. The van der Waals surface area contributed by atoms with E-state index in [1.807, 2.05) is 62.4 Å². The van der Waals surface area contributed by atoms with Crippen LogP contribution in [-0.4, -0.2) is 13.0 Å². The smallest absolute Gasteiger partial charge is 0.248 e. The summed E-state index contributed by atoms with van der Waals surface area (Å²) in [7, 11) is 1.75. The Kier molecular flexibility index (Phi) is 4.20. The molecule has 1 unspecified atom stereocenters. The van der Waals surface area contributed by atoms with Crippen molar-refractivity contribution in [3.8, 4) is 0 Å². The van der Waals surface area contributed by atoms with Gasteiger partial charge in [-0.3, -0.25) is 4.79 Å². The zero-order valence-corrected chi connectivity index (χ0v) is 12.1. The first kappa shape index (κ1) is 14.3. The Balaban J connectivity index is 2.17. The Morgan fingerprint density at radius 2 is 1.40 bits per heavy atom. The summed E-state index contributed by atoms with van der Waals surface area (Å²) in [6.07, 6.45) is 0. The van der Waals surface area contributed by atoms with Crippen LogP contribution >= 0.6 is 0 Å². The van der Waals surface area contributed by atoms with Gasteiger partial charge in [-0.2, -0.15) is 0 Å². The lowest BCUT2D eigenvalue weighted by Gasteiger charge is -2.22. The largest absolute Gasteiger partial charge is 0.316 e. The van der Waals surface area contributed by atoms with Crippen molar-refractivity contribution < 1.29 is 4.79 Å². The number of aryl methyl sites for hydroxylation is 2. The van der Waals surface area contributed by atoms with Gasteiger partial charge >= 0.3 is 0 Å². The average Bonchev–Trinajstić information content (AvgIpc) is 2.46. The molecule has 1 amide bonds. The monoisotopic (exact) mass is 268 g/mol. The molecule has 2 N–H and O–H groups in total. The minimum absolute atomic E-state index is 0.113. The van der Waals surface area contributed by atoms with Gasteiger partial charge in [0.15, 0.2) is 0 Å². The normalized spacial score (nSPS) is 12.0. The number of benzene rings is 2. The quantitative estimate of drug-likeness (QED) is 0.930. The van der Waals surface area contributed by atoms with Crippen LogP contribution in [0.4, 0.5) is 5.69 Å². The van der Waals surface area contributed by atoms with Gasteiger partial charge < -0.3 is 10.6 Å². The van der Waals surface area contributed by atoms with Gasteiger partial charge in [-0.05, 0) is 31.5 Å². The van der Waals surface area contributed by atoms with Crippen LogP contribution in [0, 0.1) is 13.8 Å². The molecule has 0 saturated heterocycles. The number of amides is 1. The fourth-order valence-corrected chi connectivity index (χ4v) is 2.02. The number of carbonyl (C=O) groups excluding carboxylic acids is 1. The topological polar surface area (TPSA) is 46.3 Å². The van der Waals surface area contributed by atoms with E-state index in [1.54, 1.807) is 11.9 Å². The fourth-order valence-electron chi connectivity index (χ4n) is 2.02. The second-order valence-electron chi connectivity index (χ2n) is 5.12. The van der Waals surface area contributed by atoms with Gasteiger partial charge in [-0.25, -0.2) is 0 Å². The van der Waals surface area contributed by atoms with Crippen LogP contribution in [0.1, 0.15) is 22.7 Å². The Morgan fingerprint density at radius 1 is 0.950 bits per heavy atom. The maximum Gasteiger partial charge on any atom is 0.248 e. The first-order valence-corrected chi connectivity index (χ1v) is 6.65. The van der Waals surface area contributed by atoms with E-state index >= 15 is 0 Å². The average molecular weight is 268 g/mol. The molecule has 2 aromatic carbocycles. The summed E-state index contributed by atoms with van der Waals surface area (Å²) in [5.74, 6) is -0.113. The molecule has 0 fully saturated rings. The predicted molar refractivity (Wildman–Crippen MR) is 82.7 cm³/mol. The van der Waals surface area contributed by atoms with Gasteiger partial charge in [0.05, 0.1) is 0 Å². The third-order valence-electron chi connectivity index (χ3n) is 3.45. The highest BCUT2D eigenvalue weighted by molar-refractivity contribution is 5.97. The Morgan fingerprint density at radius 3 is 1.90 bits per heavy atom. The van der Waals surface area contributed by atoms with Gasteiger partial charge in [0.1, 0.15) is 6.04 Å². The van der Waals surface area contributed by atoms with E-state index in [0.29, 0.717) is 0 Å². The second-order valence-corrected chi connectivity index (χ2v) is 5.12. The van der Waals surface area contributed by atoms with Crippen molar-refractivity contribution in [1.29, 1.82) is 0 Å². The van der Waals surface area contributed by atoms with Crippen LogP contribution in [0.25, 0.3) is 0 Å². The van der Waals surface area contributed by atoms with Crippen LogP contribution < -0.4 is 10.6 Å². The van der Waals surface area contributed by atoms with Gasteiger partial charge in [0.2, 0.25) is 5.91 Å². The highest BCUT2D eigenvalue weighted by Crippen LogP contribution is 2.19. The van der Waals surface area contributed by atoms with Gasteiger partial charge in [-0.1, -0.05) is 47.5 Å². The lowest BCUT2D eigenvalue weighted by atomic mass is 10.0. The molecule has 0 spiro atoms. The Bertz CT molecular complexity index is 534. The number of carbonyl (C=O) groups is 1. The van der Waals surface area contributed by atoms with E-state index < -0.39 is 6.04 Å². The van der Waals surface area contributed by atoms with Crippen molar-refractivity contribution in [1.82, 2.24) is 0 Å². The summed E-state index contributed by atoms with van der Waals surface area (Å²) in [5.41, 5.74) is 10.1. The number of rotatable bonds is 3. The molecule has 0 heterocycles. The van der Waals surface area contributed by atoms with Crippen LogP contribution in [0.15, 0.2) is 48.5 Å². The summed E-state index contributed by atoms with van der Waals surface area (Å²) < 4.78 is 0. The summed E-state index contributed by atoms with van der Waals surface area (Å²) in [6, 6.07) is 14.9. The minimum atomic E-state index is -0.637. The van der Waals surface area contributed by atoms with Crippen molar-refractivity contribution in [3.63, 3.8) is 0 Å². The molecule has 104 valence electrons. The first-order chi connectivity index (χ1) is 9.49. The SMILES string of the molecule is Cc1ccc(C(N)C(=O)N(C)c2ccc(C)cc2)cc1. The van der Waals surface area contributed by atoms with Crippen LogP contribution in [0.2, 0.25) is 0 Å².